The third-order valence-corrected chi connectivity index (χ3v) is 4.05. The highest BCUT2D eigenvalue weighted by Crippen LogP contribution is 2.34. The first-order chi connectivity index (χ1) is 11.1. The molecule has 138 valence electrons. The SMILES string of the molecule is C=C(N=C(N=C(C)C(Cl)(Cl)Cl)C(Cl)(Cl)Cl)c1ccc(C(F)(F)F)cc1. The predicted molar refractivity (Wildman–Crippen MR) is 102 cm³/mol. The Labute approximate surface area is 172 Å². The molecule has 0 saturated carbocycles. The molecule has 0 unspecified atom stereocenters. The van der Waals surface area contributed by atoms with Gasteiger partial charge in [0, 0.05) is 0 Å². The van der Waals surface area contributed by atoms with E-state index in [9.17, 15) is 13.2 Å². The summed E-state index contributed by atoms with van der Waals surface area (Å²) in [4.78, 5) is 7.82. The van der Waals surface area contributed by atoms with Crippen LogP contribution < -0.4 is 0 Å². The molecule has 0 aliphatic heterocycles. The molecule has 0 radical (unpaired) electrons. The van der Waals surface area contributed by atoms with Crippen molar-refractivity contribution in [3.8, 4) is 0 Å². The van der Waals surface area contributed by atoms with Crippen LogP contribution in [0.4, 0.5) is 13.2 Å². The Balaban J connectivity index is 3.24. The molecule has 0 N–H and O–H groups in total. The summed E-state index contributed by atoms with van der Waals surface area (Å²) >= 11 is 34.4. The number of rotatable bonds is 2. The van der Waals surface area contributed by atoms with E-state index >= 15 is 0 Å². The van der Waals surface area contributed by atoms with Gasteiger partial charge >= 0.3 is 6.18 Å². The number of amidine groups is 1. The number of nitrogens with zero attached hydrogens (tertiary/aromatic N) is 2. The first-order valence-electron chi connectivity index (χ1n) is 6.27. The van der Waals surface area contributed by atoms with E-state index in [1.54, 1.807) is 0 Å². The van der Waals surface area contributed by atoms with E-state index in [2.05, 4.69) is 16.6 Å². The monoisotopic (exact) mass is 472 g/mol. The second-order valence-electron chi connectivity index (χ2n) is 4.65. The van der Waals surface area contributed by atoms with E-state index in [1.807, 2.05) is 0 Å². The number of aliphatic imine (C=N–C) groups is 2. The lowest BCUT2D eigenvalue weighted by Crippen LogP contribution is -2.23. The Kier molecular flexibility index (Phi) is 7.54. The maximum absolute atomic E-state index is 12.6. The fourth-order valence-electron chi connectivity index (χ4n) is 1.42. The van der Waals surface area contributed by atoms with Gasteiger partial charge in [-0.15, -0.1) is 0 Å². The van der Waals surface area contributed by atoms with Crippen LogP contribution in [0.15, 0.2) is 40.8 Å². The molecule has 0 aliphatic rings. The van der Waals surface area contributed by atoms with Crippen LogP contribution in [0.5, 0.6) is 0 Å². The van der Waals surface area contributed by atoms with Crippen LogP contribution in [0.2, 0.25) is 0 Å². The lowest BCUT2D eigenvalue weighted by Gasteiger charge is -2.15. The minimum atomic E-state index is -4.46. The maximum Gasteiger partial charge on any atom is 0.416 e. The Morgan fingerprint density at radius 1 is 0.880 bits per heavy atom. The fourth-order valence-corrected chi connectivity index (χ4v) is 1.80. The van der Waals surface area contributed by atoms with Gasteiger partial charge in [-0.25, -0.2) is 9.98 Å². The zero-order chi connectivity index (χ0) is 19.6. The van der Waals surface area contributed by atoms with Gasteiger partial charge in [0.25, 0.3) is 0 Å². The predicted octanol–water partition coefficient (Wildman–Crippen LogP) is 7.28. The second kappa shape index (κ2) is 8.24. The van der Waals surface area contributed by atoms with E-state index in [1.165, 1.54) is 19.1 Å². The first kappa shape index (κ1) is 22.9. The normalized spacial score (nSPS) is 14.6. The van der Waals surface area contributed by atoms with E-state index in [0.717, 1.165) is 12.1 Å². The Morgan fingerprint density at radius 3 is 1.72 bits per heavy atom. The van der Waals surface area contributed by atoms with Gasteiger partial charge in [-0.1, -0.05) is 88.3 Å². The zero-order valence-electron chi connectivity index (χ0n) is 12.3. The van der Waals surface area contributed by atoms with E-state index in [4.69, 9.17) is 69.6 Å². The number of halogens is 9. The Bertz CT molecular complexity index is 697. The number of hydrogen-bond acceptors (Lipinski definition) is 1. The molecule has 0 saturated heterocycles. The van der Waals surface area contributed by atoms with Crippen molar-refractivity contribution in [3.05, 3.63) is 42.0 Å². The molecule has 0 fully saturated rings. The van der Waals surface area contributed by atoms with Gasteiger partial charge in [0.1, 0.15) is 0 Å². The summed E-state index contributed by atoms with van der Waals surface area (Å²) in [7, 11) is 0. The molecule has 0 amide bonds. The maximum atomic E-state index is 12.6. The van der Waals surface area contributed by atoms with Gasteiger partial charge < -0.3 is 0 Å². The minimum absolute atomic E-state index is 0.0101. The van der Waals surface area contributed by atoms with E-state index < -0.39 is 19.3 Å². The largest absolute Gasteiger partial charge is 0.416 e. The van der Waals surface area contributed by atoms with Crippen LogP contribution in [-0.4, -0.2) is 19.1 Å². The van der Waals surface area contributed by atoms with Gasteiger partial charge in [-0.3, -0.25) is 0 Å². The molecular weight excluding hydrogens is 466 g/mol. The summed E-state index contributed by atoms with van der Waals surface area (Å²) in [6.45, 7) is 5.00. The van der Waals surface area contributed by atoms with Crippen LogP contribution in [0.1, 0.15) is 18.1 Å². The molecule has 11 heteroatoms. The highest BCUT2D eigenvalue weighted by Gasteiger charge is 2.32. The quantitative estimate of drug-likeness (QED) is 0.244. The molecule has 2 nitrogen and oxygen atoms in total. The average Bonchev–Trinajstić information content (AvgIpc) is 2.43. The van der Waals surface area contributed by atoms with Crippen LogP contribution in [0, 0.1) is 0 Å². The third-order valence-electron chi connectivity index (χ3n) is 2.72. The van der Waals surface area contributed by atoms with Crippen LogP contribution >= 0.6 is 69.6 Å². The average molecular weight is 475 g/mol. The lowest BCUT2D eigenvalue weighted by atomic mass is 10.1. The summed E-state index contributed by atoms with van der Waals surface area (Å²) < 4.78 is 33.8. The molecule has 1 aromatic carbocycles. The molecule has 0 spiro atoms. The topological polar surface area (TPSA) is 24.7 Å². The molecule has 25 heavy (non-hydrogen) atoms. The van der Waals surface area contributed by atoms with Crippen molar-refractivity contribution in [2.45, 2.75) is 20.7 Å². The Morgan fingerprint density at radius 2 is 1.36 bits per heavy atom. The van der Waals surface area contributed by atoms with Crippen LogP contribution in [0.25, 0.3) is 5.70 Å². The molecule has 1 aromatic rings. The van der Waals surface area contributed by atoms with Crippen molar-refractivity contribution in [3.63, 3.8) is 0 Å². The Hall–Kier alpha value is -0.170. The standard InChI is InChI=1S/C14H9Cl6F3N2/c1-7(9-3-5-10(6-4-9)14(21,22)23)24-11(13(18,19)20)25-8(2)12(15,16)17/h3-6H,1H2,2H3. The van der Waals surface area contributed by atoms with Crippen molar-refractivity contribution in [2.24, 2.45) is 9.98 Å². The molecule has 0 aliphatic carbocycles. The highest BCUT2D eigenvalue weighted by molar-refractivity contribution is 6.79. The summed E-state index contributed by atoms with van der Waals surface area (Å²) in [6, 6.07) is 4.11. The van der Waals surface area contributed by atoms with Gasteiger partial charge in [-0.2, -0.15) is 13.2 Å². The van der Waals surface area contributed by atoms with Crippen molar-refractivity contribution in [1.82, 2.24) is 0 Å². The number of benzene rings is 1. The molecule has 0 atom stereocenters. The second-order valence-corrected chi connectivity index (χ2v) is 9.21. The number of hydrogen-bond donors (Lipinski definition) is 0. The molecule has 0 heterocycles. The molecular formula is C14H9Cl6F3N2. The summed E-state index contributed by atoms with van der Waals surface area (Å²) in [5.74, 6) is -0.355. The summed E-state index contributed by atoms with van der Waals surface area (Å²) in [5.41, 5.74) is -0.570. The van der Waals surface area contributed by atoms with Crippen molar-refractivity contribution >= 4 is 86.8 Å². The van der Waals surface area contributed by atoms with Crippen LogP contribution in [-0.2, 0) is 6.18 Å². The first-order valence-corrected chi connectivity index (χ1v) is 8.54. The smallest absolute Gasteiger partial charge is 0.234 e. The summed E-state index contributed by atoms with van der Waals surface area (Å²) in [6.07, 6.45) is -4.46. The third kappa shape index (κ3) is 7.16. The highest BCUT2D eigenvalue weighted by atomic mass is 35.6. The summed E-state index contributed by atoms with van der Waals surface area (Å²) in [5, 5.41) is 0. The lowest BCUT2D eigenvalue weighted by molar-refractivity contribution is -0.137. The minimum Gasteiger partial charge on any atom is -0.234 e. The van der Waals surface area contributed by atoms with Crippen molar-refractivity contribution in [2.75, 3.05) is 0 Å². The molecule has 0 aromatic heterocycles. The van der Waals surface area contributed by atoms with Gasteiger partial charge in [-0.05, 0) is 24.6 Å². The van der Waals surface area contributed by atoms with E-state index in [0.29, 0.717) is 0 Å². The van der Waals surface area contributed by atoms with Crippen LogP contribution in [0.3, 0.4) is 0 Å². The fraction of sp³-hybridized carbons (Fsp3) is 0.286. The zero-order valence-corrected chi connectivity index (χ0v) is 16.8. The number of alkyl halides is 9. The van der Waals surface area contributed by atoms with Crippen molar-refractivity contribution in [1.29, 1.82) is 0 Å². The van der Waals surface area contributed by atoms with Crippen molar-refractivity contribution < 1.29 is 13.2 Å². The van der Waals surface area contributed by atoms with E-state index in [-0.39, 0.29) is 22.8 Å². The molecule has 0 bridgehead atoms. The van der Waals surface area contributed by atoms with Gasteiger partial charge in [0.05, 0.1) is 17.0 Å². The van der Waals surface area contributed by atoms with Gasteiger partial charge in [0.2, 0.25) is 7.59 Å². The van der Waals surface area contributed by atoms with Gasteiger partial charge in [0.15, 0.2) is 5.84 Å². The molecule has 1 rings (SSSR count).